The zero-order chi connectivity index (χ0) is 15.9. The summed E-state index contributed by atoms with van der Waals surface area (Å²) in [6, 6.07) is 8.92. The molecule has 0 aromatic heterocycles. The lowest BCUT2D eigenvalue weighted by Gasteiger charge is -2.30. The summed E-state index contributed by atoms with van der Waals surface area (Å²) in [5.74, 6) is 0. The Kier molecular flexibility index (Phi) is 6.25. The van der Waals surface area contributed by atoms with Crippen molar-refractivity contribution in [1.29, 1.82) is 0 Å². The maximum Gasteiger partial charge on any atom is 0.316 e. The summed E-state index contributed by atoms with van der Waals surface area (Å²) in [6.45, 7) is 5.76. The fourth-order valence-corrected chi connectivity index (χ4v) is 3.57. The Morgan fingerprint density at radius 2 is 2.09 bits per heavy atom. The van der Waals surface area contributed by atoms with Crippen LogP contribution in [0.2, 0.25) is 0 Å². The van der Waals surface area contributed by atoms with E-state index in [-0.39, 0.29) is 0 Å². The Morgan fingerprint density at radius 1 is 1.32 bits per heavy atom. The molecule has 1 fully saturated rings. The zero-order valence-electron chi connectivity index (χ0n) is 13.8. The second-order valence-electron chi connectivity index (χ2n) is 6.28. The van der Waals surface area contributed by atoms with E-state index in [9.17, 15) is 4.79 Å². The summed E-state index contributed by atoms with van der Waals surface area (Å²) in [5, 5.41) is 2.66. The van der Waals surface area contributed by atoms with Crippen molar-refractivity contribution in [1.82, 2.24) is 4.90 Å². The molecular formula is C18H29N3O. The minimum absolute atomic E-state index is 0.506. The van der Waals surface area contributed by atoms with Crippen LogP contribution in [0, 0.1) is 0 Å². The first-order valence-electron chi connectivity index (χ1n) is 8.55. The van der Waals surface area contributed by atoms with Gasteiger partial charge in [0.15, 0.2) is 0 Å². The van der Waals surface area contributed by atoms with Crippen LogP contribution in [-0.4, -0.2) is 29.6 Å². The van der Waals surface area contributed by atoms with Gasteiger partial charge in [-0.25, -0.2) is 4.79 Å². The number of amides is 2. The van der Waals surface area contributed by atoms with E-state index in [4.69, 9.17) is 5.73 Å². The molecule has 0 saturated carbocycles. The minimum Gasteiger partial charge on any atom is -0.351 e. The number of primary amides is 1. The van der Waals surface area contributed by atoms with Gasteiger partial charge in [0.25, 0.3) is 0 Å². The van der Waals surface area contributed by atoms with E-state index in [0.717, 1.165) is 18.2 Å². The topological polar surface area (TPSA) is 58.4 Å². The summed E-state index contributed by atoms with van der Waals surface area (Å²) in [7, 11) is 0. The Balaban J connectivity index is 2.03. The second-order valence-corrected chi connectivity index (χ2v) is 6.28. The van der Waals surface area contributed by atoms with Crippen molar-refractivity contribution >= 4 is 11.7 Å². The summed E-state index contributed by atoms with van der Waals surface area (Å²) in [5.41, 5.74) is 7.25. The fourth-order valence-electron chi connectivity index (χ4n) is 3.57. The van der Waals surface area contributed by atoms with Gasteiger partial charge in [0.1, 0.15) is 0 Å². The van der Waals surface area contributed by atoms with Gasteiger partial charge in [-0.15, -0.1) is 0 Å². The molecule has 2 amide bonds. The van der Waals surface area contributed by atoms with Crippen LogP contribution in [0.15, 0.2) is 24.3 Å². The average molecular weight is 303 g/mol. The number of hydrogen-bond acceptors (Lipinski definition) is 2. The third-order valence-corrected chi connectivity index (χ3v) is 4.68. The number of carbonyl (C=O) groups is 1. The molecule has 1 aliphatic rings. The highest BCUT2D eigenvalue weighted by Crippen LogP contribution is 2.29. The van der Waals surface area contributed by atoms with E-state index in [0.29, 0.717) is 6.04 Å². The van der Waals surface area contributed by atoms with Crippen LogP contribution in [0.5, 0.6) is 0 Å². The van der Waals surface area contributed by atoms with Crippen molar-refractivity contribution in [2.45, 2.75) is 64.5 Å². The van der Waals surface area contributed by atoms with Crippen molar-refractivity contribution in [3.05, 3.63) is 29.8 Å². The summed E-state index contributed by atoms with van der Waals surface area (Å²) in [6.07, 6.45) is 7.39. The van der Waals surface area contributed by atoms with Crippen LogP contribution in [0.25, 0.3) is 0 Å². The lowest BCUT2D eigenvalue weighted by atomic mass is 10.0. The van der Waals surface area contributed by atoms with E-state index < -0.39 is 6.03 Å². The number of nitrogens with two attached hydrogens (primary N) is 1. The van der Waals surface area contributed by atoms with Crippen LogP contribution in [0.4, 0.5) is 10.5 Å². The van der Waals surface area contributed by atoms with E-state index in [1.807, 2.05) is 18.2 Å². The first-order chi connectivity index (χ1) is 10.6. The first kappa shape index (κ1) is 16.8. The number of hydrogen-bond donors (Lipinski definition) is 2. The van der Waals surface area contributed by atoms with Gasteiger partial charge in [0.2, 0.25) is 0 Å². The highest BCUT2D eigenvalue weighted by atomic mass is 16.2. The van der Waals surface area contributed by atoms with Crippen molar-refractivity contribution in [3.8, 4) is 0 Å². The SMILES string of the molecule is CCCCN1C(CC)CCC1Cc1cccc(NC(N)=O)c1. The maximum absolute atomic E-state index is 11.0. The monoisotopic (exact) mass is 303 g/mol. The Morgan fingerprint density at radius 3 is 2.77 bits per heavy atom. The molecule has 122 valence electrons. The Hall–Kier alpha value is -1.55. The van der Waals surface area contributed by atoms with Crippen LogP contribution in [0.3, 0.4) is 0 Å². The lowest BCUT2D eigenvalue weighted by molar-refractivity contribution is 0.184. The van der Waals surface area contributed by atoms with E-state index in [2.05, 4.69) is 30.1 Å². The van der Waals surface area contributed by atoms with Crippen LogP contribution < -0.4 is 11.1 Å². The third-order valence-electron chi connectivity index (χ3n) is 4.68. The van der Waals surface area contributed by atoms with E-state index in [1.165, 1.54) is 44.2 Å². The van der Waals surface area contributed by atoms with Crippen molar-refractivity contribution < 1.29 is 4.79 Å². The number of carbonyl (C=O) groups excluding carboxylic acids is 1. The molecule has 0 spiro atoms. The molecule has 1 saturated heterocycles. The minimum atomic E-state index is -0.506. The van der Waals surface area contributed by atoms with E-state index >= 15 is 0 Å². The number of likely N-dealkylation sites (tertiary alicyclic amines) is 1. The number of nitrogens with zero attached hydrogens (tertiary/aromatic N) is 1. The van der Waals surface area contributed by atoms with E-state index in [1.54, 1.807) is 0 Å². The summed E-state index contributed by atoms with van der Waals surface area (Å²) in [4.78, 5) is 13.7. The van der Waals surface area contributed by atoms with Crippen molar-refractivity contribution in [2.75, 3.05) is 11.9 Å². The molecule has 3 N–H and O–H groups in total. The molecule has 4 heteroatoms. The summed E-state index contributed by atoms with van der Waals surface area (Å²) < 4.78 is 0. The number of anilines is 1. The Labute approximate surface area is 134 Å². The van der Waals surface area contributed by atoms with Gasteiger partial charge in [-0.2, -0.15) is 0 Å². The molecule has 1 heterocycles. The summed E-state index contributed by atoms with van der Waals surface area (Å²) >= 11 is 0. The lowest BCUT2D eigenvalue weighted by Crippen LogP contribution is -2.37. The first-order valence-corrected chi connectivity index (χ1v) is 8.55. The molecule has 2 atom stereocenters. The maximum atomic E-state index is 11.0. The molecule has 0 aliphatic carbocycles. The van der Waals surface area contributed by atoms with Crippen LogP contribution >= 0.6 is 0 Å². The van der Waals surface area contributed by atoms with Gasteiger partial charge < -0.3 is 11.1 Å². The number of unbranched alkanes of at least 4 members (excludes halogenated alkanes) is 1. The van der Waals surface area contributed by atoms with Crippen LogP contribution in [-0.2, 0) is 6.42 Å². The predicted octanol–water partition coefficient (Wildman–Crippen LogP) is 3.76. The van der Waals surface area contributed by atoms with Crippen molar-refractivity contribution in [3.63, 3.8) is 0 Å². The highest BCUT2D eigenvalue weighted by Gasteiger charge is 2.31. The second kappa shape index (κ2) is 8.18. The predicted molar refractivity (Wildman–Crippen MR) is 92.1 cm³/mol. The Bertz CT molecular complexity index is 489. The van der Waals surface area contributed by atoms with Gasteiger partial charge in [-0.3, -0.25) is 4.90 Å². The van der Waals surface area contributed by atoms with Gasteiger partial charge in [0, 0.05) is 17.8 Å². The molecule has 2 rings (SSSR count). The number of benzene rings is 1. The number of rotatable bonds is 7. The molecule has 1 aliphatic heterocycles. The molecule has 22 heavy (non-hydrogen) atoms. The molecule has 0 radical (unpaired) electrons. The zero-order valence-corrected chi connectivity index (χ0v) is 13.8. The number of urea groups is 1. The standard InChI is InChI=1S/C18H29N3O/c1-3-5-11-21-16(4-2)9-10-17(21)13-14-7-6-8-15(12-14)20-18(19)22/h6-8,12,16-17H,3-5,9-11,13H2,1-2H3,(H3,19,20,22). The van der Waals surface area contributed by atoms with Gasteiger partial charge in [-0.1, -0.05) is 32.4 Å². The average Bonchev–Trinajstić information content (AvgIpc) is 2.86. The van der Waals surface area contributed by atoms with Crippen LogP contribution in [0.1, 0.15) is 51.5 Å². The largest absolute Gasteiger partial charge is 0.351 e. The number of nitrogens with one attached hydrogen (secondary N) is 1. The molecule has 1 aromatic carbocycles. The van der Waals surface area contributed by atoms with Gasteiger partial charge in [0.05, 0.1) is 0 Å². The molecular weight excluding hydrogens is 274 g/mol. The molecule has 2 unspecified atom stereocenters. The van der Waals surface area contributed by atoms with Gasteiger partial charge in [-0.05, 0) is 56.3 Å². The quantitative estimate of drug-likeness (QED) is 0.805. The molecule has 0 bridgehead atoms. The highest BCUT2D eigenvalue weighted by molar-refractivity contribution is 5.87. The third kappa shape index (κ3) is 4.47. The van der Waals surface area contributed by atoms with Crippen molar-refractivity contribution in [2.24, 2.45) is 5.73 Å². The molecule has 1 aromatic rings. The normalized spacial score (nSPS) is 21.9. The fraction of sp³-hybridized carbons (Fsp3) is 0.611. The van der Waals surface area contributed by atoms with Gasteiger partial charge >= 0.3 is 6.03 Å². The smallest absolute Gasteiger partial charge is 0.316 e. The molecule has 4 nitrogen and oxygen atoms in total.